The minimum atomic E-state index is -0.473. The molecule has 1 rings (SSSR count). The Bertz CT molecular complexity index is 537. The molecule has 0 aliphatic heterocycles. The highest BCUT2D eigenvalue weighted by atomic mass is 35.5. The molecule has 0 atom stereocenters. The van der Waals surface area contributed by atoms with Gasteiger partial charge in [-0.2, -0.15) is 0 Å². The predicted octanol–water partition coefficient (Wildman–Crippen LogP) is 3.16. The lowest BCUT2D eigenvalue weighted by Crippen LogP contribution is -2.45. The van der Waals surface area contributed by atoms with Gasteiger partial charge in [-0.3, -0.25) is 4.79 Å². The fourth-order valence-corrected chi connectivity index (χ4v) is 2.85. The lowest BCUT2D eigenvalue weighted by molar-refractivity contribution is -0.141. The maximum absolute atomic E-state index is 12.8. The lowest BCUT2D eigenvalue weighted by Gasteiger charge is -2.33. The molecule has 0 aliphatic carbocycles. The van der Waals surface area contributed by atoms with Crippen LogP contribution in [0.5, 0.6) is 11.5 Å². The number of rotatable bonds is 8. The van der Waals surface area contributed by atoms with E-state index in [1.165, 1.54) is 0 Å². The van der Waals surface area contributed by atoms with Crippen molar-refractivity contribution in [1.82, 2.24) is 4.90 Å². The van der Waals surface area contributed by atoms with E-state index in [9.17, 15) is 4.79 Å². The van der Waals surface area contributed by atoms with Gasteiger partial charge in [0.1, 0.15) is 0 Å². The molecule has 0 bridgehead atoms. The zero-order chi connectivity index (χ0) is 17.6. The van der Waals surface area contributed by atoms with Crippen molar-refractivity contribution < 1.29 is 14.3 Å². The van der Waals surface area contributed by atoms with Crippen molar-refractivity contribution >= 4 is 18.3 Å². The standard InChI is InChI=1S/C18H30N2O3.ClH/c1-7-18(8-2,12-19)17(21)20(4)11-14-10-16(23-6)15(22-5)9-13(14)3;/h9-10H,7-8,11-12,19H2,1-6H3;1H. The average Bonchev–Trinajstić information content (AvgIpc) is 2.57. The van der Waals surface area contributed by atoms with Crippen LogP contribution in [0.25, 0.3) is 0 Å². The largest absolute Gasteiger partial charge is 0.493 e. The van der Waals surface area contributed by atoms with E-state index in [-0.39, 0.29) is 18.3 Å². The monoisotopic (exact) mass is 358 g/mol. The highest BCUT2D eigenvalue weighted by Gasteiger charge is 2.35. The van der Waals surface area contributed by atoms with Gasteiger partial charge in [0.25, 0.3) is 0 Å². The summed E-state index contributed by atoms with van der Waals surface area (Å²) in [6, 6.07) is 3.86. The summed E-state index contributed by atoms with van der Waals surface area (Å²) in [6.07, 6.45) is 1.49. The molecule has 0 heterocycles. The molecule has 0 spiro atoms. The molecule has 0 aliphatic rings. The summed E-state index contributed by atoms with van der Waals surface area (Å²) in [5.74, 6) is 1.46. The summed E-state index contributed by atoms with van der Waals surface area (Å²) < 4.78 is 10.7. The Morgan fingerprint density at radius 1 is 1.17 bits per heavy atom. The van der Waals surface area contributed by atoms with Crippen LogP contribution in [0.2, 0.25) is 0 Å². The number of ether oxygens (including phenoxy) is 2. The molecule has 1 aromatic rings. The third-order valence-electron chi connectivity index (χ3n) is 4.79. The zero-order valence-electron chi connectivity index (χ0n) is 15.6. The molecule has 0 radical (unpaired) electrons. The normalized spacial score (nSPS) is 10.8. The van der Waals surface area contributed by atoms with Crippen LogP contribution in [0.1, 0.15) is 37.8 Å². The van der Waals surface area contributed by atoms with E-state index in [1.807, 2.05) is 40.0 Å². The first-order valence-electron chi connectivity index (χ1n) is 8.06. The summed E-state index contributed by atoms with van der Waals surface area (Å²) in [7, 11) is 5.05. The first kappa shape index (κ1) is 22.5. The van der Waals surface area contributed by atoms with Gasteiger partial charge in [-0.05, 0) is 43.0 Å². The van der Waals surface area contributed by atoms with Crippen molar-refractivity contribution in [2.75, 3.05) is 27.8 Å². The van der Waals surface area contributed by atoms with Crippen LogP contribution in [0.15, 0.2) is 12.1 Å². The van der Waals surface area contributed by atoms with Gasteiger partial charge in [0.15, 0.2) is 11.5 Å². The predicted molar refractivity (Wildman–Crippen MR) is 100 cm³/mol. The Hall–Kier alpha value is -1.46. The number of amides is 1. The molecule has 0 saturated heterocycles. The van der Waals surface area contributed by atoms with Crippen LogP contribution < -0.4 is 15.2 Å². The summed E-state index contributed by atoms with van der Waals surface area (Å²) in [4.78, 5) is 14.6. The van der Waals surface area contributed by atoms with E-state index in [2.05, 4.69) is 0 Å². The number of nitrogens with two attached hydrogens (primary N) is 1. The second-order valence-corrected chi connectivity index (χ2v) is 5.99. The molecule has 0 aromatic heterocycles. The molecule has 2 N–H and O–H groups in total. The van der Waals surface area contributed by atoms with E-state index < -0.39 is 5.41 Å². The Labute approximate surface area is 151 Å². The van der Waals surface area contributed by atoms with E-state index in [0.717, 1.165) is 24.0 Å². The molecule has 0 fully saturated rings. The highest BCUT2D eigenvalue weighted by molar-refractivity contribution is 5.85. The topological polar surface area (TPSA) is 64.8 Å². The van der Waals surface area contributed by atoms with Gasteiger partial charge in [0, 0.05) is 20.1 Å². The van der Waals surface area contributed by atoms with Crippen LogP contribution in [0, 0.1) is 12.3 Å². The summed E-state index contributed by atoms with van der Waals surface area (Å²) in [6.45, 7) is 6.93. The van der Waals surface area contributed by atoms with Gasteiger partial charge in [-0.15, -0.1) is 12.4 Å². The summed E-state index contributed by atoms with van der Waals surface area (Å²) >= 11 is 0. The first-order valence-corrected chi connectivity index (χ1v) is 8.06. The smallest absolute Gasteiger partial charge is 0.230 e. The fraction of sp³-hybridized carbons (Fsp3) is 0.611. The lowest BCUT2D eigenvalue weighted by atomic mass is 9.81. The van der Waals surface area contributed by atoms with Crippen LogP contribution in [-0.4, -0.2) is 38.6 Å². The molecular weight excluding hydrogens is 328 g/mol. The second-order valence-electron chi connectivity index (χ2n) is 5.99. The minimum Gasteiger partial charge on any atom is -0.493 e. The van der Waals surface area contributed by atoms with Crippen molar-refractivity contribution in [3.8, 4) is 11.5 Å². The van der Waals surface area contributed by atoms with Gasteiger partial charge in [-0.25, -0.2) is 0 Å². The number of carbonyl (C=O) groups excluding carboxylic acids is 1. The van der Waals surface area contributed by atoms with Crippen LogP contribution in [0.4, 0.5) is 0 Å². The van der Waals surface area contributed by atoms with Gasteiger partial charge in [0.2, 0.25) is 5.91 Å². The van der Waals surface area contributed by atoms with Gasteiger partial charge >= 0.3 is 0 Å². The van der Waals surface area contributed by atoms with Crippen LogP contribution in [0.3, 0.4) is 0 Å². The quantitative estimate of drug-likeness (QED) is 0.775. The van der Waals surface area contributed by atoms with E-state index in [0.29, 0.717) is 24.6 Å². The summed E-state index contributed by atoms with van der Waals surface area (Å²) in [5, 5.41) is 0. The number of benzene rings is 1. The number of hydrogen-bond donors (Lipinski definition) is 1. The molecule has 6 heteroatoms. The first-order chi connectivity index (χ1) is 10.9. The Morgan fingerprint density at radius 2 is 1.67 bits per heavy atom. The van der Waals surface area contributed by atoms with Gasteiger partial charge < -0.3 is 20.1 Å². The van der Waals surface area contributed by atoms with Crippen LogP contribution in [-0.2, 0) is 11.3 Å². The van der Waals surface area contributed by atoms with Crippen molar-refractivity contribution in [2.24, 2.45) is 11.1 Å². The van der Waals surface area contributed by atoms with Crippen molar-refractivity contribution in [3.63, 3.8) is 0 Å². The third kappa shape index (κ3) is 4.54. The number of halogens is 1. The fourth-order valence-electron chi connectivity index (χ4n) is 2.85. The van der Waals surface area contributed by atoms with Crippen molar-refractivity contribution in [1.29, 1.82) is 0 Å². The molecule has 5 nitrogen and oxygen atoms in total. The van der Waals surface area contributed by atoms with Crippen molar-refractivity contribution in [2.45, 2.75) is 40.2 Å². The molecule has 0 unspecified atom stereocenters. The SMILES string of the molecule is CCC(CC)(CN)C(=O)N(C)Cc1cc(OC)c(OC)cc1C.Cl. The van der Waals surface area contributed by atoms with E-state index in [1.54, 1.807) is 19.1 Å². The van der Waals surface area contributed by atoms with E-state index in [4.69, 9.17) is 15.2 Å². The Balaban J connectivity index is 0.00000529. The molecule has 1 aromatic carbocycles. The average molecular weight is 359 g/mol. The number of carbonyl (C=O) groups is 1. The maximum atomic E-state index is 12.8. The molecule has 1 amide bonds. The Kier molecular flexibility index (Phi) is 9.15. The molecule has 24 heavy (non-hydrogen) atoms. The molecule has 0 saturated carbocycles. The van der Waals surface area contributed by atoms with Crippen molar-refractivity contribution in [3.05, 3.63) is 23.3 Å². The van der Waals surface area contributed by atoms with E-state index >= 15 is 0 Å². The Morgan fingerprint density at radius 3 is 2.08 bits per heavy atom. The number of methoxy groups -OCH3 is 2. The number of nitrogens with zero attached hydrogens (tertiary/aromatic N) is 1. The third-order valence-corrected chi connectivity index (χ3v) is 4.79. The second kappa shape index (κ2) is 9.74. The number of hydrogen-bond acceptors (Lipinski definition) is 4. The van der Waals surface area contributed by atoms with Crippen LogP contribution >= 0.6 is 12.4 Å². The maximum Gasteiger partial charge on any atom is 0.230 e. The number of aryl methyl sites for hydroxylation is 1. The zero-order valence-corrected chi connectivity index (χ0v) is 16.5. The summed E-state index contributed by atoms with van der Waals surface area (Å²) in [5.41, 5.74) is 7.52. The van der Waals surface area contributed by atoms with Gasteiger partial charge in [-0.1, -0.05) is 13.8 Å². The molecule has 138 valence electrons. The highest BCUT2D eigenvalue weighted by Crippen LogP contribution is 2.32. The molecular formula is C18H31ClN2O3. The van der Waals surface area contributed by atoms with Gasteiger partial charge in [0.05, 0.1) is 19.6 Å². The minimum absolute atomic E-state index is 0.